The highest BCUT2D eigenvalue weighted by molar-refractivity contribution is 5.55. The fourth-order valence-electron chi connectivity index (χ4n) is 2.91. The number of hydrogen-bond acceptors (Lipinski definition) is 5. The van der Waals surface area contributed by atoms with E-state index in [0.29, 0.717) is 6.54 Å². The van der Waals surface area contributed by atoms with Crippen molar-refractivity contribution in [3.8, 4) is 0 Å². The lowest BCUT2D eigenvalue weighted by Crippen LogP contribution is -2.21. The van der Waals surface area contributed by atoms with E-state index in [9.17, 15) is 10.1 Å². The first-order chi connectivity index (χ1) is 9.63. The molecule has 0 bridgehead atoms. The molecule has 0 aromatic heterocycles. The van der Waals surface area contributed by atoms with E-state index >= 15 is 0 Å². The van der Waals surface area contributed by atoms with Crippen molar-refractivity contribution in [2.45, 2.75) is 32.7 Å². The van der Waals surface area contributed by atoms with Crippen LogP contribution in [0.5, 0.6) is 0 Å². The Bertz CT molecular complexity index is 478. The first-order valence-corrected chi connectivity index (χ1v) is 7.10. The highest BCUT2D eigenvalue weighted by Gasteiger charge is 2.23. The predicted octanol–water partition coefficient (Wildman–Crippen LogP) is 2.50. The molecule has 6 nitrogen and oxygen atoms in total. The van der Waals surface area contributed by atoms with Gasteiger partial charge in [0, 0.05) is 25.2 Å². The Morgan fingerprint density at radius 2 is 2.35 bits per heavy atom. The molecule has 0 amide bonds. The SMILES string of the molecule is CCCC1CCN(Cc2cc([N+](=O)[O-])ccc2NN)C1. The fraction of sp³-hybridized carbons (Fsp3) is 0.571. The Hall–Kier alpha value is -1.66. The summed E-state index contributed by atoms with van der Waals surface area (Å²) in [6, 6.07) is 4.76. The van der Waals surface area contributed by atoms with Gasteiger partial charge in [0.1, 0.15) is 0 Å². The van der Waals surface area contributed by atoms with Crippen LogP contribution in [0.15, 0.2) is 18.2 Å². The van der Waals surface area contributed by atoms with Gasteiger partial charge >= 0.3 is 0 Å². The lowest BCUT2D eigenvalue weighted by Gasteiger charge is -2.18. The van der Waals surface area contributed by atoms with E-state index in [2.05, 4.69) is 17.2 Å². The first kappa shape index (κ1) is 14.7. The average molecular weight is 278 g/mol. The summed E-state index contributed by atoms with van der Waals surface area (Å²) >= 11 is 0. The summed E-state index contributed by atoms with van der Waals surface area (Å²) in [5.74, 6) is 6.25. The van der Waals surface area contributed by atoms with Crippen molar-refractivity contribution in [1.82, 2.24) is 4.90 Å². The monoisotopic (exact) mass is 278 g/mol. The molecule has 0 spiro atoms. The molecule has 0 aliphatic carbocycles. The van der Waals surface area contributed by atoms with Crippen LogP contribution in [-0.2, 0) is 6.54 Å². The third kappa shape index (κ3) is 3.46. The summed E-state index contributed by atoms with van der Waals surface area (Å²) in [6.45, 7) is 5.04. The normalized spacial score (nSPS) is 19.2. The topological polar surface area (TPSA) is 84.4 Å². The summed E-state index contributed by atoms with van der Waals surface area (Å²) in [5, 5.41) is 10.9. The number of nitrogen functional groups attached to an aromatic ring is 1. The maximum atomic E-state index is 10.9. The van der Waals surface area contributed by atoms with Crippen LogP contribution in [0, 0.1) is 16.0 Å². The van der Waals surface area contributed by atoms with Gasteiger partial charge < -0.3 is 5.43 Å². The number of anilines is 1. The van der Waals surface area contributed by atoms with E-state index in [4.69, 9.17) is 5.84 Å². The minimum atomic E-state index is -0.367. The summed E-state index contributed by atoms with van der Waals surface area (Å²) in [5.41, 5.74) is 4.38. The van der Waals surface area contributed by atoms with Crippen molar-refractivity contribution >= 4 is 11.4 Å². The smallest absolute Gasteiger partial charge is 0.269 e. The molecule has 3 N–H and O–H groups in total. The van der Waals surface area contributed by atoms with E-state index in [-0.39, 0.29) is 10.6 Å². The number of hydrogen-bond donors (Lipinski definition) is 2. The first-order valence-electron chi connectivity index (χ1n) is 7.10. The average Bonchev–Trinajstić information content (AvgIpc) is 2.86. The molecule has 2 rings (SSSR count). The quantitative estimate of drug-likeness (QED) is 0.474. The third-order valence-electron chi connectivity index (χ3n) is 3.92. The Morgan fingerprint density at radius 3 is 3.00 bits per heavy atom. The van der Waals surface area contributed by atoms with E-state index in [0.717, 1.165) is 30.3 Å². The van der Waals surface area contributed by atoms with Crippen molar-refractivity contribution in [1.29, 1.82) is 0 Å². The number of non-ortho nitro benzene ring substituents is 1. The van der Waals surface area contributed by atoms with Gasteiger partial charge in [-0.2, -0.15) is 0 Å². The number of nitrogens with two attached hydrogens (primary N) is 1. The molecule has 1 aliphatic rings. The van der Waals surface area contributed by atoms with Gasteiger partial charge in [0.05, 0.1) is 10.6 Å². The van der Waals surface area contributed by atoms with E-state index in [1.54, 1.807) is 12.1 Å². The molecule has 1 unspecified atom stereocenters. The molecule has 1 heterocycles. The van der Waals surface area contributed by atoms with Crippen molar-refractivity contribution in [3.63, 3.8) is 0 Å². The minimum absolute atomic E-state index is 0.114. The van der Waals surface area contributed by atoms with Gasteiger partial charge in [-0.3, -0.25) is 20.9 Å². The number of likely N-dealkylation sites (tertiary alicyclic amines) is 1. The highest BCUT2D eigenvalue weighted by atomic mass is 16.6. The minimum Gasteiger partial charge on any atom is -0.324 e. The molecular weight excluding hydrogens is 256 g/mol. The van der Waals surface area contributed by atoms with Crippen molar-refractivity contribution in [3.05, 3.63) is 33.9 Å². The highest BCUT2D eigenvalue weighted by Crippen LogP contribution is 2.27. The number of nitro groups is 1. The van der Waals surface area contributed by atoms with Crippen LogP contribution in [0.25, 0.3) is 0 Å². The Kier molecular flexibility index (Phi) is 4.92. The summed E-state index contributed by atoms with van der Waals surface area (Å²) in [6.07, 6.45) is 3.69. The van der Waals surface area contributed by atoms with Crippen LogP contribution in [-0.4, -0.2) is 22.9 Å². The molecular formula is C14H22N4O2. The number of hydrazine groups is 1. The maximum Gasteiger partial charge on any atom is 0.269 e. The van der Waals surface area contributed by atoms with Gasteiger partial charge in [0.25, 0.3) is 5.69 Å². The Morgan fingerprint density at radius 1 is 1.55 bits per heavy atom. The van der Waals surface area contributed by atoms with Gasteiger partial charge in [0.15, 0.2) is 0 Å². The molecule has 1 fully saturated rings. The Labute approximate surface area is 119 Å². The van der Waals surface area contributed by atoms with Crippen LogP contribution in [0.3, 0.4) is 0 Å². The lowest BCUT2D eigenvalue weighted by atomic mass is 10.0. The standard InChI is InChI=1S/C14H22N4O2/c1-2-3-11-6-7-17(9-11)10-12-8-13(18(19)20)4-5-14(12)16-15/h4-5,8,11,16H,2-3,6-7,9-10,15H2,1H3. The fourth-order valence-corrected chi connectivity index (χ4v) is 2.91. The Balaban J connectivity index is 2.08. The van der Waals surface area contributed by atoms with Crippen LogP contribution in [0.2, 0.25) is 0 Å². The molecule has 110 valence electrons. The number of nitrogens with one attached hydrogen (secondary N) is 1. The lowest BCUT2D eigenvalue weighted by molar-refractivity contribution is -0.384. The molecule has 0 saturated carbocycles. The van der Waals surface area contributed by atoms with E-state index in [1.165, 1.54) is 25.3 Å². The summed E-state index contributed by atoms with van der Waals surface area (Å²) in [7, 11) is 0. The largest absolute Gasteiger partial charge is 0.324 e. The molecule has 0 radical (unpaired) electrons. The van der Waals surface area contributed by atoms with Crippen LogP contribution >= 0.6 is 0 Å². The van der Waals surface area contributed by atoms with E-state index < -0.39 is 0 Å². The number of nitrogens with zero attached hydrogens (tertiary/aromatic N) is 2. The second-order valence-electron chi connectivity index (χ2n) is 5.42. The van der Waals surface area contributed by atoms with Crippen molar-refractivity contribution in [2.75, 3.05) is 18.5 Å². The second kappa shape index (κ2) is 6.67. The van der Waals surface area contributed by atoms with Crippen LogP contribution < -0.4 is 11.3 Å². The van der Waals surface area contributed by atoms with Gasteiger partial charge in [0.2, 0.25) is 0 Å². The number of benzene rings is 1. The molecule has 1 aromatic rings. The molecule has 1 aromatic carbocycles. The molecule has 1 saturated heterocycles. The summed E-state index contributed by atoms with van der Waals surface area (Å²) in [4.78, 5) is 12.8. The number of rotatable bonds is 6. The van der Waals surface area contributed by atoms with Gasteiger partial charge in [-0.1, -0.05) is 13.3 Å². The predicted molar refractivity (Wildman–Crippen MR) is 79.2 cm³/mol. The van der Waals surface area contributed by atoms with Gasteiger partial charge in [-0.05, 0) is 36.9 Å². The zero-order valence-corrected chi connectivity index (χ0v) is 11.8. The second-order valence-corrected chi connectivity index (χ2v) is 5.42. The molecule has 1 aliphatic heterocycles. The third-order valence-corrected chi connectivity index (χ3v) is 3.92. The maximum absolute atomic E-state index is 10.9. The zero-order valence-electron chi connectivity index (χ0n) is 11.8. The van der Waals surface area contributed by atoms with Crippen molar-refractivity contribution in [2.24, 2.45) is 11.8 Å². The molecule has 20 heavy (non-hydrogen) atoms. The van der Waals surface area contributed by atoms with E-state index in [1.807, 2.05) is 0 Å². The summed E-state index contributed by atoms with van der Waals surface area (Å²) < 4.78 is 0. The van der Waals surface area contributed by atoms with Crippen molar-refractivity contribution < 1.29 is 4.92 Å². The zero-order chi connectivity index (χ0) is 14.5. The molecule has 1 atom stereocenters. The van der Waals surface area contributed by atoms with Crippen LogP contribution in [0.4, 0.5) is 11.4 Å². The molecule has 6 heteroatoms. The number of nitro benzene ring substituents is 1. The van der Waals surface area contributed by atoms with Gasteiger partial charge in [-0.25, -0.2) is 0 Å². The van der Waals surface area contributed by atoms with Crippen LogP contribution in [0.1, 0.15) is 31.7 Å². The van der Waals surface area contributed by atoms with Gasteiger partial charge in [-0.15, -0.1) is 0 Å².